The standard InChI is InChI=1S/C20H29NO6/c1-23-10-8-21(12-16-6-7-19(24-2)20(11-16)25-3)13-17(22)14-26-15-18-5-4-9-27-18/h4-7,9,11,17,22H,8,10,12-15H2,1-3H3. The molecular weight excluding hydrogens is 350 g/mol. The van der Waals surface area contributed by atoms with Crippen LogP contribution in [0.15, 0.2) is 41.0 Å². The van der Waals surface area contributed by atoms with Crippen molar-refractivity contribution >= 4 is 0 Å². The average Bonchev–Trinajstić information content (AvgIpc) is 3.19. The normalized spacial score (nSPS) is 12.3. The molecule has 0 radical (unpaired) electrons. The van der Waals surface area contributed by atoms with Crippen molar-refractivity contribution in [1.29, 1.82) is 0 Å². The summed E-state index contributed by atoms with van der Waals surface area (Å²) in [5.41, 5.74) is 1.06. The number of ether oxygens (including phenoxy) is 4. The van der Waals surface area contributed by atoms with Crippen LogP contribution < -0.4 is 9.47 Å². The maximum absolute atomic E-state index is 10.3. The van der Waals surface area contributed by atoms with E-state index < -0.39 is 6.10 Å². The monoisotopic (exact) mass is 379 g/mol. The molecule has 0 spiro atoms. The van der Waals surface area contributed by atoms with Crippen LogP contribution in [-0.4, -0.2) is 63.7 Å². The van der Waals surface area contributed by atoms with E-state index in [1.54, 1.807) is 27.6 Å². The Morgan fingerprint density at radius 1 is 1.11 bits per heavy atom. The minimum absolute atomic E-state index is 0.232. The van der Waals surface area contributed by atoms with Crippen molar-refractivity contribution in [3.8, 4) is 11.5 Å². The van der Waals surface area contributed by atoms with Gasteiger partial charge in [-0.25, -0.2) is 0 Å². The van der Waals surface area contributed by atoms with Gasteiger partial charge in [-0.15, -0.1) is 0 Å². The maximum Gasteiger partial charge on any atom is 0.161 e. The molecule has 1 unspecified atom stereocenters. The van der Waals surface area contributed by atoms with E-state index in [0.717, 1.165) is 11.3 Å². The lowest BCUT2D eigenvalue weighted by molar-refractivity contribution is 0.000478. The highest BCUT2D eigenvalue weighted by atomic mass is 16.5. The molecule has 0 aliphatic carbocycles. The first kappa shape index (κ1) is 21.2. The topological polar surface area (TPSA) is 73.5 Å². The molecule has 1 atom stereocenters. The van der Waals surface area contributed by atoms with Gasteiger partial charge in [-0.2, -0.15) is 0 Å². The van der Waals surface area contributed by atoms with Crippen LogP contribution in [0.25, 0.3) is 0 Å². The van der Waals surface area contributed by atoms with Gasteiger partial charge in [0.15, 0.2) is 11.5 Å². The summed E-state index contributed by atoms with van der Waals surface area (Å²) in [6, 6.07) is 9.46. The summed E-state index contributed by atoms with van der Waals surface area (Å²) < 4.78 is 26.6. The van der Waals surface area contributed by atoms with Gasteiger partial charge in [0.25, 0.3) is 0 Å². The molecule has 0 saturated heterocycles. The zero-order chi connectivity index (χ0) is 19.5. The second-order valence-corrected chi connectivity index (χ2v) is 6.17. The molecule has 7 nitrogen and oxygen atoms in total. The zero-order valence-electron chi connectivity index (χ0n) is 16.2. The van der Waals surface area contributed by atoms with Gasteiger partial charge in [0, 0.05) is 26.7 Å². The van der Waals surface area contributed by atoms with Crippen LogP contribution in [-0.2, 0) is 22.6 Å². The summed E-state index contributed by atoms with van der Waals surface area (Å²) in [4.78, 5) is 2.12. The Labute approximate surface area is 160 Å². The SMILES string of the molecule is COCCN(Cc1ccc(OC)c(OC)c1)CC(O)COCc1ccco1. The smallest absolute Gasteiger partial charge is 0.161 e. The van der Waals surface area contributed by atoms with Crippen LogP contribution in [0.4, 0.5) is 0 Å². The average molecular weight is 379 g/mol. The van der Waals surface area contributed by atoms with Crippen molar-refractivity contribution in [3.63, 3.8) is 0 Å². The lowest BCUT2D eigenvalue weighted by atomic mass is 10.1. The fourth-order valence-electron chi connectivity index (χ4n) is 2.73. The Hall–Kier alpha value is -2.06. The molecule has 150 valence electrons. The maximum atomic E-state index is 10.3. The predicted molar refractivity (Wildman–Crippen MR) is 101 cm³/mol. The summed E-state index contributed by atoms with van der Waals surface area (Å²) in [6.45, 7) is 2.97. The minimum atomic E-state index is -0.614. The largest absolute Gasteiger partial charge is 0.493 e. The molecule has 1 aromatic heterocycles. The van der Waals surface area contributed by atoms with Gasteiger partial charge >= 0.3 is 0 Å². The summed E-state index contributed by atoms with van der Waals surface area (Å²) >= 11 is 0. The number of aliphatic hydroxyl groups is 1. The van der Waals surface area contributed by atoms with E-state index in [1.807, 2.05) is 30.3 Å². The third-order valence-electron chi connectivity index (χ3n) is 4.07. The summed E-state index contributed by atoms with van der Waals surface area (Å²) in [7, 11) is 4.89. The van der Waals surface area contributed by atoms with Gasteiger partial charge in [-0.1, -0.05) is 6.07 Å². The molecule has 0 aliphatic rings. The van der Waals surface area contributed by atoms with Crippen LogP contribution in [0.3, 0.4) is 0 Å². The van der Waals surface area contributed by atoms with Gasteiger partial charge in [0.1, 0.15) is 12.4 Å². The van der Waals surface area contributed by atoms with Crippen LogP contribution in [0.5, 0.6) is 11.5 Å². The lowest BCUT2D eigenvalue weighted by Crippen LogP contribution is -2.36. The van der Waals surface area contributed by atoms with Crippen LogP contribution in [0.2, 0.25) is 0 Å². The molecular formula is C20H29NO6. The van der Waals surface area contributed by atoms with Crippen LogP contribution in [0.1, 0.15) is 11.3 Å². The second kappa shape index (κ2) is 11.6. The number of rotatable bonds is 13. The number of benzene rings is 1. The third-order valence-corrected chi connectivity index (χ3v) is 4.07. The van der Waals surface area contributed by atoms with Gasteiger partial charge in [-0.3, -0.25) is 4.90 Å². The van der Waals surface area contributed by atoms with Gasteiger partial charge < -0.3 is 28.5 Å². The van der Waals surface area contributed by atoms with E-state index in [-0.39, 0.29) is 6.61 Å². The van der Waals surface area contributed by atoms with Gasteiger partial charge in [-0.05, 0) is 29.8 Å². The van der Waals surface area contributed by atoms with E-state index in [4.69, 9.17) is 23.4 Å². The molecule has 0 saturated carbocycles. The Morgan fingerprint density at radius 3 is 2.59 bits per heavy atom. The van der Waals surface area contributed by atoms with E-state index >= 15 is 0 Å². The first-order chi connectivity index (χ1) is 13.2. The van der Waals surface area contributed by atoms with E-state index in [9.17, 15) is 5.11 Å². The molecule has 2 aromatic rings. The molecule has 1 heterocycles. The number of hydrogen-bond acceptors (Lipinski definition) is 7. The molecule has 27 heavy (non-hydrogen) atoms. The third kappa shape index (κ3) is 7.22. The highest BCUT2D eigenvalue weighted by Crippen LogP contribution is 2.28. The molecule has 7 heteroatoms. The molecule has 1 aromatic carbocycles. The Balaban J connectivity index is 1.89. The number of furan rings is 1. The molecule has 0 bridgehead atoms. The fraction of sp³-hybridized carbons (Fsp3) is 0.500. The van der Waals surface area contributed by atoms with Crippen LogP contribution >= 0.6 is 0 Å². The van der Waals surface area contributed by atoms with Crippen molar-refractivity contribution in [2.75, 3.05) is 47.6 Å². The summed E-state index contributed by atoms with van der Waals surface area (Å²) in [5.74, 6) is 2.11. The molecule has 0 aliphatic heterocycles. The number of methoxy groups -OCH3 is 3. The Kier molecular flexibility index (Phi) is 9.13. The van der Waals surface area contributed by atoms with Crippen molar-refractivity contribution in [2.45, 2.75) is 19.3 Å². The summed E-state index contributed by atoms with van der Waals surface area (Å²) in [5, 5.41) is 10.3. The molecule has 0 fully saturated rings. The Bertz CT molecular complexity index is 646. The summed E-state index contributed by atoms with van der Waals surface area (Å²) in [6.07, 6.45) is 0.988. The highest BCUT2D eigenvalue weighted by molar-refractivity contribution is 5.42. The van der Waals surface area contributed by atoms with Crippen molar-refractivity contribution in [3.05, 3.63) is 47.9 Å². The second-order valence-electron chi connectivity index (χ2n) is 6.17. The van der Waals surface area contributed by atoms with Crippen molar-refractivity contribution < 1.29 is 28.5 Å². The number of hydrogen-bond donors (Lipinski definition) is 1. The lowest BCUT2D eigenvalue weighted by Gasteiger charge is -2.25. The van der Waals surface area contributed by atoms with E-state index in [2.05, 4.69) is 4.90 Å². The zero-order valence-corrected chi connectivity index (χ0v) is 16.2. The Morgan fingerprint density at radius 2 is 1.93 bits per heavy atom. The minimum Gasteiger partial charge on any atom is -0.493 e. The predicted octanol–water partition coefficient (Wildman–Crippen LogP) is 2.32. The van der Waals surface area contributed by atoms with Gasteiger partial charge in [0.2, 0.25) is 0 Å². The number of nitrogens with zero attached hydrogens (tertiary/aromatic N) is 1. The van der Waals surface area contributed by atoms with Crippen molar-refractivity contribution in [1.82, 2.24) is 4.90 Å². The van der Waals surface area contributed by atoms with Crippen molar-refractivity contribution in [2.24, 2.45) is 0 Å². The first-order valence-corrected chi connectivity index (χ1v) is 8.86. The van der Waals surface area contributed by atoms with E-state index in [0.29, 0.717) is 44.3 Å². The molecule has 1 N–H and O–H groups in total. The first-order valence-electron chi connectivity index (χ1n) is 8.86. The number of aliphatic hydroxyl groups excluding tert-OH is 1. The van der Waals surface area contributed by atoms with Gasteiger partial charge in [0.05, 0.1) is 39.8 Å². The molecule has 0 amide bonds. The van der Waals surface area contributed by atoms with E-state index in [1.165, 1.54) is 0 Å². The highest BCUT2D eigenvalue weighted by Gasteiger charge is 2.14. The quantitative estimate of drug-likeness (QED) is 0.572. The van der Waals surface area contributed by atoms with Crippen LogP contribution in [0, 0.1) is 0 Å². The fourth-order valence-corrected chi connectivity index (χ4v) is 2.73. The molecule has 2 rings (SSSR count).